The van der Waals surface area contributed by atoms with Gasteiger partial charge in [-0.25, -0.2) is 0 Å². The zero-order valence-corrected chi connectivity index (χ0v) is 10.9. The summed E-state index contributed by atoms with van der Waals surface area (Å²) in [7, 11) is 1.70. The van der Waals surface area contributed by atoms with Gasteiger partial charge in [-0.15, -0.1) is 0 Å². The molecule has 2 aromatic rings. The monoisotopic (exact) mass is 226 g/mol. The van der Waals surface area contributed by atoms with Crippen LogP contribution in [0.2, 0.25) is 0 Å². The van der Waals surface area contributed by atoms with Crippen molar-refractivity contribution < 1.29 is 4.74 Å². The normalized spacial score (nSPS) is 10.4. The van der Waals surface area contributed by atoms with Crippen LogP contribution >= 0.6 is 0 Å². The highest BCUT2D eigenvalue weighted by Crippen LogP contribution is 2.31. The lowest BCUT2D eigenvalue weighted by Crippen LogP contribution is -1.92. The Morgan fingerprint density at radius 3 is 2.00 bits per heavy atom. The molecule has 0 aliphatic carbocycles. The average molecular weight is 226 g/mol. The predicted octanol–water partition coefficient (Wildman–Crippen LogP) is 4.29. The second-order valence-corrected chi connectivity index (χ2v) is 4.45. The fourth-order valence-corrected chi connectivity index (χ4v) is 2.28. The molecule has 0 saturated carbocycles. The Kier molecular flexibility index (Phi) is 3.19. The first-order valence-corrected chi connectivity index (χ1v) is 5.84. The number of ether oxygens (including phenoxy) is 1. The summed E-state index contributed by atoms with van der Waals surface area (Å²) in [5.74, 6) is 0.914. The highest BCUT2D eigenvalue weighted by Gasteiger charge is 2.08. The molecule has 0 aromatic heterocycles. The molecule has 0 fully saturated rings. The maximum atomic E-state index is 5.25. The minimum Gasteiger partial charge on any atom is -0.497 e. The second kappa shape index (κ2) is 4.62. The van der Waals surface area contributed by atoms with E-state index in [1.54, 1.807) is 7.11 Å². The number of rotatable bonds is 2. The van der Waals surface area contributed by atoms with Crippen LogP contribution in [0.1, 0.15) is 16.7 Å². The largest absolute Gasteiger partial charge is 0.497 e. The Morgan fingerprint density at radius 2 is 1.47 bits per heavy atom. The molecule has 0 aliphatic rings. The van der Waals surface area contributed by atoms with Gasteiger partial charge in [0.25, 0.3) is 0 Å². The summed E-state index contributed by atoms with van der Waals surface area (Å²) >= 11 is 0. The van der Waals surface area contributed by atoms with E-state index in [1.807, 2.05) is 6.07 Å². The molecule has 0 radical (unpaired) electrons. The molecule has 1 nitrogen and oxygen atoms in total. The summed E-state index contributed by atoms with van der Waals surface area (Å²) in [6, 6.07) is 12.7. The Hall–Kier alpha value is -1.76. The zero-order valence-electron chi connectivity index (χ0n) is 10.9. The molecule has 88 valence electrons. The summed E-state index contributed by atoms with van der Waals surface area (Å²) in [5.41, 5.74) is 6.52. The molecule has 0 unspecified atom stereocenters. The van der Waals surface area contributed by atoms with Gasteiger partial charge in [0.15, 0.2) is 0 Å². The zero-order chi connectivity index (χ0) is 12.4. The van der Waals surface area contributed by atoms with Crippen molar-refractivity contribution in [3.63, 3.8) is 0 Å². The van der Waals surface area contributed by atoms with Crippen LogP contribution in [0.5, 0.6) is 5.75 Å². The predicted molar refractivity (Wildman–Crippen MR) is 72.6 cm³/mol. The minimum atomic E-state index is 0.914. The van der Waals surface area contributed by atoms with Crippen LogP contribution in [0.3, 0.4) is 0 Å². The van der Waals surface area contributed by atoms with Gasteiger partial charge in [-0.2, -0.15) is 0 Å². The molecule has 0 N–H and O–H groups in total. The van der Waals surface area contributed by atoms with Crippen LogP contribution < -0.4 is 4.74 Å². The summed E-state index contributed by atoms with van der Waals surface area (Å²) < 4.78 is 5.25. The molecule has 2 rings (SSSR count). The summed E-state index contributed by atoms with van der Waals surface area (Å²) in [4.78, 5) is 0. The number of hydrogen-bond acceptors (Lipinski definition) is 1. The minimum absolute atomic E-state index is 0.914. The van der Waals surface area contributed by atoms with E-state index >= 15 is 0 Å². The highest BCUT2D eigenvalue weighted by molar-refractivity contribution is 5.74. The average Bonchev–Trinajstić information content (AvgIpc) is 2.30. The molecule has 0 bridgehead atoms. The molecular weight excluding hydrogens is 208 g/mol. The van der Waals surface area contributed by atoms with Crippen LogP contribution in [0.25, 0.3) is 11.1 Å². The maximum absolute atomic E-state index is 5.25. The smallest absolute Gasteiger partial charge is 0.119 e. The van der Waals surface area contributed by atoms with Gasteiger partial charge >= 0.3 is 0 Å². The Bertz CT molecular complexity index is 521. The third-order valence-electron chi connectivity index (χ3n) is 3.18. The highest BCUT2D eigenvalue weighted by atomic mass is 16.5. The van der Waals surface area contributed by atoms with Gasteiger partial charge < -0.3 is 4.74 Å². The van der Waals surface area contributed by atoms with Gasteiger partial charge in [0.1, 0.15) is 5.75 Å². The molecule has 1 heteroatoms. The third-order valence-corrected chi connectivity index (χ3v) is 3.18. The van der Waals surface area contributed by atoms with Gasteiger partial charge in [-0.3, -0.25) is 0 Å². The fraction of sp³-hybridized carbons (Fsp3) is 0.250. The Balaban J connectivity index is 2.61. The number of benzene rings is 2. The van der Waals surface area contributed by atoms with Crippen molar-refractivity contribution in [2.24, 2.45) is 0 Å². The van der Waals surface area contributed by atoms with Gasteiger partial charge in [-0.05, 0) is 60.7 Å². The van der Waals surface area contributed by atoms with Crippen molar-refractivity contribution in [2.45, 2.75) is 20.8 Å². The van der Waals surface area contributed by atoms with E-state index in [9.17, 15) is 0 Å². The summed E-state index contributed by atoms with van der Waals surface area (Å²) in [6.07, 6.45) is 0. The molecule has 0 aliphatic heterocycles. The first-order chi connectivity index (χ1) is 8.13. The van der Waals surface area contributed by atoms with E-state index in [-0.39, 0.29) is 0 Å². The topological polar surface area (TPSA) is 9.23 Å². The first-order valence-electron chi connectivity index (χ1n) is 5.84. The van der Waals surface area contributed by atoms with Crippen LogP contribution in [0.4, 0.5) is 0 Å². The van der Waals surface area contributed by atoms with Gasteiger partial charge in [0.05, 0.1) is 7.11 Å². The molecule has 17 heavy (non-hydrogen) atoms. The molecule has 0 spiro atoms. The maximum Gasteiger partial charge on any atom is 0.119 e. The number of aryl methyl sites for hydroxylation is 3. The molecule has 0 saturated heterocycles. The summed E-state index contributed by atoms with van der Waals surface area (Å²) in [6.45, 7) is 6.45. The van der Waals surface area contributed by atoms with Crippen LogP contribution in [-0.4, -0.2) is 7.11 Å². The lowest BCUT2D eigenvalue weighted by molar-refractivity contribution is 0.414. The Morgan fingerprint density at radius 1 is 0.824 bits per heavy atom. The summed E-state index contributed by atoms with van der Waals surface area (Å²) in [5, 5.41) is 0. The van der Waals surface area contributed by atoms with Crippen molar-refractivity contribution >= 4 is 0 Å². The van der Waals surface area contributed by atoms with Crippen molar-refractivity contribution in [1.29, 1.82) is 0 Å². The van der Waals surface area contributed by atoms with Gasteiger partial charge in [-0.1, -0.05) is 24.3 Å². The first kappa shape index (κ1) is 11.7. The molecule has 0 amide bonds. The van der Waals surface area contributed by atoms with E-state index in [1.165, 1.54) is 27.8 Å². The molecule has 0 heterocycles. The van der Waals surface area contributed by atoms with E-state index in [0.29, 0.717) is 0 Å². The van der Waals surface area contributed by atoms with Crippen molar-refractivity contribution in [1.82, 2.24) is 0 Å². The van der Waals surface area contributed by atoms with Gasteiger partial charge in [0.2, 0.25) is 0 Å². The molecule has 2 aromatic carbocycles. The SMILES string of the molecule is COc1ccc(-c2c(C)cccc2C)c(C)c1. The quantitative estimate of drug-likeness (QED) is 0.742. The van der Waals surface area contributed by atoms with Crippen LogP contribution in [0, 0.1) is 20.8 Å². The van der Waals surface area contributed by atoms with Crippen molar-refractivity contribution in [3.8, 4) is 16.9 Å². The third kappa shape index (κ3) is 2.19. The second-order valence-electron chi connectivity index (χ2n) is 4.45. The standard InChI is InChI=1S/C16H18O/c1-11-6-5-7-12(2)16(11)15-9-8-14(17-4)10-13(15)3/h5-10H,1-4H3. The molecule has 0 atom stereocenters. The van der Waals surface area contributed by atoms with E-state index in [4.69, 9.17) is 4.74 Å². The fourth-order valence-electron chi connectivity index (χ4n) is 2.28. The van der Waals surface area contributed by atoms with Crippen LogP contribution in [0.15, 0.2) is 36.4 Å². The number of hydrogen-bond donors (Lipinski definition) is 0. The van der Waals surface area contributed by atoms with E-state index < -0.39 is 0 Å². The lowest BCUT2D eigenvalue weighted by atomic mass is 9.93. The van der Waals surface area contributed by atoms with Crippen LogP contribution in [-0.2, 0) is 0 Å². The van der Waals surface area contributed by atoms with Crippen molar-refractivity contribution in [2.75, 3.05) is 7.11 Å². The Labute approximate surface area is 103 Å². The lowest BCUT2D eigenvalue weighted by Gasteiger charge is -2.13. The van der Waals surface area contributed by atoms with E-state index in [0.717, 1.165) is 5.75 Å². The van der Waals surface area contributed by atoms with Crippen molar-refractivity contribution in [3.05, 3.63) is 53.1 Å². The van der Waals surface area contributed by atoms with E-state index in [2.05, 4.69) is 51.1 Å². The van der Waals surface area contributed by atoms with Gasteiger partial charge in [0, 0.05) is 0 Å². The number of methoxy groups -OCH3 is 1. The molecular formula is C16H18O.